The van der Waals surface area contributed by atoms with Crippen molar-refractivity contribution >= 4 is 11.0 Å². The first kappa shape index (κ1) is 14.6. The second kappa shape index (κ2) is 6.20. The smallest absolute Gasteiger partial charge is 0.134 e. The van der Waals surface area contributed by atoms with Gasteiger partial charge in [-0.25, -0.2) is 0 Å². The summed E-state index contributed by atoms with van der Waals surface area (Å²) in [5, 5.41) is 15.3. The highest BCUT2D eigenvalue weighted by molar-refractivity contribution is 5.77. The highest BCUT2D eigenvalue weighted by Crippen LogP contribution is 2.28. The zero-order valence-corrected chi connectivity index (χ0v) is 12.8. The van der Waals surface area contributed by atoms with Crippen molar-refractivity contribution in [2.75, 3.05) is 6.54 Å². The van der Waals surface area contributed by atoms with Gasteiger partial charge in [-0.1, -0.05) is 43.9 Å². The largest absolute Gasteiger partial charge is 0.459 e. The molecule has 0 bridgehead atoms. The molecule has 1 heterocycles. The van der Waals surface area contributed by atoms with Gasteiger partial charge in [0.1, 0.15) is 11.3 Å². The van der Waals surface area contributed by atoms with Crippen molar-refractivity contribution in [1.29, 1.82) is 0 Å². The lowest BCUT2D eigenvalue weighted by atomic mass is 9.94. The average molecular weight is 287 g/mol. The van der Waals surface area contributed by atoms with Crippen LogP contribution in [0, 0.1) is 0 Å². The van der Waals surface area contributed by atoms with Crippen LogP contribution in [0.25, 0.3) is 11.0 Å². The van der Waals surface area contributed by atoms with E-state index in [-0.39, 0.29) is 6.04 Å². The van der Waals surface area contributed by atoms with Crippen molar-refractivity contribution in [2.45, 2.75) is 57.1 Å². The fourth-order valence-corrected chi connectivity index (χ4v) is 3.22. The van der Waals surface area contributed by atoms with Gasteiger partial charge in [-0.05, 0) is 31.9 Å². The van der Waals surface area contributed by atoms with E-state index in [0.29, 0.717) is 6.54 Å². The summed E-state index contributed by atoms with van der Waals surface area (Å²) in [5.74, 6) is 0.938. The van der Waals surface area contributed by atoms with Crippen molar-refractivity contribution in [2.24, 2.45) is 0 Å². The second-order valence-electron chi connectivity index (χ2n) is 6.43. The molecule has 1 saturated carbocycles. The minimum Gasteiger partial charge on any atom is -0.459 e. The van der Waals surface area contributed by atoms with Gasteiger partial charge >= 0.3 is 0 Å². The molecule has 1 aliphatic rings. The van der Waals surface area contributed by atoms with Crippen LogP contribution in [0.15, 0.2) is 34.7 Å². The number of fused-ring (bicyclic) bond motifs is 1. The Hall–Kier alpha value is -1.32. The Balaban J connectivity index is 1.64. The van der Waals surface area contributed by atoms with Gasteiger partial charge in [-0.15, -0.1) is 0 Å². The van der Waals surface area contributed by atoms with Gasteiger partial charge in [0.15, 0.2) is 0 Å². The number of hydrogen-bond donors (Lipinski definition) is 2. The molecule has 114 valence electrons. The normalized spacial score (nSPS) is 20.3. The van der Waals surface area contributed by atoms with E-state index >= 15 is 0 Å². The average Bonchev–Trinajstić information content (AvgIpc) is 2.81. The lowest BCUT2D eigenvalue weighted by molar-refractivity contribution is 0.0226. The number of furan rings is 1. The van der Waals surface area contributed by atoms with Gasteiger partial charge in [-0.3, -0.25) is 0 Å². The predicted octanol–water partition coefficient (Wildman–Crippen LogP) is 4.17. The number of aliphatic hydroxyl groups is 1. The van der Waals surface area contributed by atoms with Crippen LogP contribution >= 0.6 is 0 Å². The van der Waals surface area contributed by atoms with Crippen molar-refractivity contribution in [3.05, 3.63) is 36.1 Å². The molecule has 0 aliphatic heterocycles. The first-order valence-electron chi connectivity index (χ1n) is 8.11. The van der Waals surface area contributed by atoms with Crippen LogP contribution in [0.4, 0.5) is 0 Å². The standard InChI is InChI=1S/C18H25NO2/c1-14(17-12-15-8-4-5-9-16(15)21-17)19-13-18(20)10-6-2-3-7-11-18/h4-5,8-9,12,14,19-20H,2-3,6-7,10-11,13H2,1H3. The number of nitrogens with one attached hydrogen (secondary N) is 1. The Labute approximate surface area is 126 Å². The van der Waals surface area contributed by atoms with Crippen LogP contribution in [0.5, 0.6) is 0 Å². The predicted molar refractivity (Wildman–Crippen MR) is 85.3 cm³/mol. The van der Waals surface area contributed by atoms with E-state index in [0.717, 1.165) is 42.4 Å². The molecule has 0 spiro atoms. The molecule has 2 aromatic rings. The van der Waals surface area contributed by atoms with Gasteiger partial charge in [0.25, 0.3) is 0 Å². The molecule has 1 aromatic heterocycles. The minimum absolute atomic E-state index is 0.115. The van der Waals surface area contributed by atoms with Crippen LogP contribution in [0.2, 0.25) is 0 Å². The summed E-state index contributed by atoms with van der Waals surface area (Å²) in [6.07, 6.45) is 6.59. The van der Waals surface area contributed by atoms with Gasteiger partial charge < -0.3 is 14.8 Å². The minimum atomic E-state index is -0.545. The van der Waals surface area contributed by atoms with Crippen molar-refractivity contribution < 1.29 is 9.52 Å². The third-order valence-corrected chi connectivity index (χ3v) is 4.64. The van der Waals surface area contributed by atoms with Gasteiger partial charge in [0, 0.05) is 11.9 Å². The molecule has 0 amide bonds. The molecular weight excluding hydrogens is 262 g/mol. The Kier molecular flexibility index (Phi) is 4.32. The summed E-state index contributed by atoms with van der Waals surface area (Å²) in [6.45, 7) is 2.74. The number of hydrogen-bond acceptors (Lipinski definition) is 3. The maximum Gasteiger partial charge on any atom is 0.134 e. The fourth-order valence-electron chi connectivity index (χ4n) is 3.22. The van der Waals surface area contributed by atoms with Crippen molar-refractivity contribution in [1.82, 2.24) is 5.32 Å². The summed E-state index contributed by atoms with van der Waals surface area (Å²) in [5.41, 5.74) is 0.380. The molecular formula is C18H25NO2. The third kappa shape index (κ3) is 3.47. The zero-order chi connectivity index (χ0) is 14.7. The molecule has 1 aromatic carbocycles. The van der Waals surface area contributed by atoms with Gasteiger partial charge in [0.05, 0.1) is 11.6 Å². The van der Waals surface area contributed by atoms with Crippen LogP contribution < -0.4 is 5.32 Å². The number of para-hydroxylation sites is 1. The molecule has 3 nitrogen and oxygen atoms in total. The Morgan fingerprint density at radius 1 is 1.19 bits per heavy atom. The van der Waals surface area contributed by atoms with Crippen LogP contribution in [0.1, 0.15) is 57.3 Å². The zero-order valence-electron chi connectivity index (χ0n) is 12.8. The summed E-state index contributed by atoms with van der Waals surface area (Å²) in [7, 11) is 0. The quantitative estimate of drug-likeness (QED) is 0.830. The molecule has 1 unspecified atom stereocenters. The van der Waals surface area contributed by atoms with E-state index in [2.05, 4.69) is 24.4 Å². The van der Waals surface area contributed by atoms with Crippen LogP contribution in [-0.4, -0.2) is 17.3 Å². The van der Waals surface area contributed by atoms with E-state index in [1.807, 2.05) is 18.2 Å². The van der Waals surface area contributed by atoms with E-state index in [9.17, 15) is 5.11 Å². The van der Waals surface area contributed by atoms with E-state index in [1.165, 1.54) is 12.8 Å². The molecule has 1 fully saturated rings. The third-order valence-electron chi connectivity index (χ3n) is 4.64. The Bertz CT molecular complexity index is 549. The Morgan fingerprint density at radius 3 is 2.62 bits per heavy atom. The summed E-state index contributed by atoms with van der Waals surface area (Å²) >= 11 is 0. The maximum absolute atomic E-state index is 10.7. The highest BCUT2D eigenvalue weighted by atomic mass is 16.3. The maximum atomic E-state index is 10.7. The second-order valence-corrected chi connectivity index (χ2v) is 6.43. The molecule has 0 saturated heterocycles. The molecule has 1 aliphatic carbocycles. The molecule has 21 heavy (non-hydrogen) atoms. The van der Waals surface area contributed by atoms with Crippen molar-refractivity contribution in [3.63, 3.8) is 0 Å². The molecule has 3 rings (SSSR count). The van der Waals surface area contributed by atoms with Crippen LogP contribution in [0.3, 0.4) is 0 Å². The van der Waals surface area contributed by atoms with Gasteiger partial charge in [-0.2, -0.15) is 0 Å². The summed E-state index contributed by atoms with van der Waals surface area (Å²) in [6, 6.07) is 10.3. The SMILES string of the molecule is CC(NCC1(O)CCCCCC1)c1cc2ccccc2o1. The van der Waals surface area contributed by atoms with E-state index < -0.39 is 5.60 Å². The highest BCUT2D eigenvalue weighted by Gasteiger charge is 2.28. The van der Waals surface area contributed by atoms with E-state index in [1.54, 1.807) is 0 Å². The first-order chi connectivity index (χ1) is 10.2. The molecule has 3 heteroatoms. The molecule has 1 atom stereocenters. The molecule has 0 radical (unpaired) electrons. The fraction of sp³-hybridized carbons (Fsp3) is 0.556. The summed E-state index contributed by atoms with van der Waals surface area (Å²) in [4.78, 5) is 0. The number of benzene rings is 1. The first-order valence-corrected chi connectivity index (χ1v) is 8.11. The lowest BCUT2D eigenvalue weighted by Crippen LogP contribution is -2.41. The lowest BCUT2D eigenvalue weighted by Gasteiger charge is -2.28. The topological polar surface area (TPSA) is 45.4 Å². The molecule has 2 N–H and O–H groups in total. The monoisotopic (exact) mass is 287 g/mol. The number of rotatable bonds is 4. The van der Waals surface area contributed by atoms with Gasteiger partial charge in [0.2, 0.25) is 0 Å². The van der Waals surface area contributed by atoms with E-state index in [4.69, 9.17) is 4.42 Å². The summed E-state index contributed by atoms with van der Waals surface area (Å²) < 4.78 is 5.88. The van der Waals surface area contributed by atoms with Crippen LogP contribution in [-0.2, 0) is 0 Å². The van der Waals surface area contributed by atoms with Crippen molar-refractivity contribution in [3.8, 4) is 0 Å². The Morgan fingerprint density at radius 2 is 1.90 bits per heavy atom.